The highest BCUT2D eigenvalue weighted by atomic mass is 79.9. The summed E-state index contributed by atoms with van der Waals surface area (Å²) in [5, 5.41) is 23.4. The van der Waals surface area contributed by atoms with E-state index in [9.17, 15) is 15.3 Å². The van der Waals surface area contributed by atoms with Gasteiger partial charge in [-0.3, -0.25) is 14.3 Å². The first-order chi connectivity index (χ1) is 16.0. The molecule has 2 heterocycles. The molecule has 0 spiro atoms. The Bertz CT molecular complexity index is 1330. The van der Waals surface area contributed by atoms with Crippen molar-refractivity contribution in [3.8, 4) is 17.9 Å². The van der Waals surface area contributed by atoms with Crippen LogP contribution in [0.4, 0.5) is 0 Å². The van der Waals surface area contributed by atoms with E-state index < -0.39 is 0 Å². The summed E-state index contributed by atoms with van der Waals surface area (Å²) >= 11 is 3.50. The zero-order valence-corrected chi connectivity index (χ0v) is 20.9. The van der Waals surface area contributed by atoms with Gasteiger partial charge in [-0.2, -0.15) is 10.5 Å². The molecule has 0 saturated carbocycles. The lowest BCUT2D eigenvalue weighted by Gasteiger charge is -2.26. The number of methoxy groups -OCH3 is 1. The fourth-order valence-corrected chi connectivity index (χ4v) is 4.36. The monoisotopic (exact) mass is 539 g/mol. The molecule has 1 N–H and O–H groups in total. The summed E-state index contributed by atoms with van der Waals surface area (Å²) in [5.74, 6) is 0.512. The van der Waals surface area contributed by atoms with Gasteiger partial charge in [0, 0.05) is 53.4 Å². The van der Waals surface area contributed by atoms with Crippen LogP contribution in [0.25, 0.3) is 22.6 Å². The van der Waals surface area contributed by atoms with Crippen molar-refractivity contribution < 1.29 is 9.53 Å². The number of rotatable bonds is 5. The second-order valence-corrected chi connectivity index (χ2v) is 8.65. The number of nitrogens with zero attached hydrogens (tertiary/aromatic N) is 4. The van der Waals surface area contributed by atoms with Crippen LogP contribution in [-0.2, 0) is 0 Å². The molecule has 1 fully saturated rings. The Kier molecular flexibility index (Phi) is 8.49. The summed E-state index contributed by atoms with van der Waals surface area (Å²) in [7, 11) is 1.54. The molecule has 0 atom stereocenters. The van der Waals surface area contributed by atoms with E-state index >= 15 is 0 Å². The number of benzene rings is 2. The summed E-state index contributed by atoms with van der Waals surface area (Å²) in [6.07, 6.45) is 3.43. The topological polar surface area (TPSA) is 94.1 Å². The van der Waals surface area contributed by atoms with Gasteiger partial charge < -0.3 is 10.1 Å². The van der Waals surface area contributed by atoms with Crippen LogP contribution in [-0.4, -0.2) is 55.2 Å². The van der Waals surface area contributed by atoms with Gasteiger partial charge in [-0.15, -0.1) is 12.4 Å². The maximum Gasteiger partial charge on any atom is 0.245 e. The third-order valence-corrected chi connectivity index (χ3v) is 6.17. The van der Waals surface area contributed by atoms with Crippen LogP contribution in [0, 0.1) is 22.7 Å². The largest absolute Gasteiger partial charge is 0.496 e. The van der Waals surface area contributed by atoms with Crippen molar-refractivity contribution in [3.05, 3.63) is 63.8 Å². The van der Waals surface area contributed by atoms with Gasteiger partial charge in [0.05, 0.1) is 42.4 Å². The Morgan fingerprint density at radius 2 is 1.97 bits per heavy atom. The standard InChI is InChI=1S/C25H22BrN5O2.ClH/c1-33-24-5-2-17(13-27)10-18(24)11-19(14-28)22-15-31(23-4-3-20(26)12-21(22)23)25(32)16-30-8-6-29-7-9-30;/h2-5,10-12,15,29H,6-9,16H2,1H3;1H. The Balaban J connectivity index is 0.00000324. The lowest BCUT2D eigenvalue weighted by molar-refractivity contribution is 0.0844. The van der Waals surface area contributed by atoms with Gasteiger partial charge in [-0.25, -0.2) is 0 Å². The SMILES string of the molecule is COc1ccc(C#N)cc1C=C(C#N)c1cn(C(=O)CN2CCNCC2)c2ccc(Br)cc12.Cl. The third kappa shape index (κ3) is 5.32. The number of piperazine rings is 1. The minimum Gasteiger partial charge on any atom is -0.496 e. The number of hydrogen-bond acceptors (Lipinski definition) is 6. The number of aromatic nitrogens is 1. The van der Waals surface area contributed by atoms with Crippen LogP contribution in [0.15, 0.2) is 47.1 Å². The number of ether oxygens (including phenoxy) is 1. The van der Waals surface area contributed by atoms with Crippen LogP contribution < -0.4 is 10.1 Å². The van der Waals surface area contributed by atoms with Crippen molar-refractivity contribution in [1.29, 1.82) is 10.5 Å². The fourth-order valence-electron chi connectivity index (χ4n) is 4.00. The van der Waals surface area contributed by atoms with Crippen LogP contribution in [0.5, 0.6) is 5.75 Å². The summed E-state index contributed by atoms with van der Waals surface area (Å²) in [4.78, 5) is 15.3. The highest BCUT2D eigenvalue weighted by Crippen LogP contribution is 2.32. The van der Waals surface area contributed by atoms with Crippen molar-refractivity contribution in [1.82, 2.24) is 14.8 Å². The Labute approximate surface area is 212 Å². The highest BCUT2D eigenvalue weighted by Gasteiger charge is 2.20. The lowest BCUT2D eigenvalue weighted by atomic mass is 10.0. The van der Waals surface area contributed by atoms with Gasteiger partial charge in [0.1, 0.15) is 5.75 Å². The van der Waals surface area contributed by atoms with Gasteiger partial charge >= 0.3 is 0 Å². The molecule has 1 saturated heterocycles. The predicted molar refractivity (Wildman–Crippen MR) is 138 cm³/mol. The molecule has 4 rings (SSSR count). The second kappa shape index (κ2) is 11.3. The maximum atomic E-state index is 13.2. The summed E-state index contributed by atoms with van der Waals surface area (Å²) < 4.78 is 7.90. The number of carbonyl (C=O) groups excluding carboxylic acids is 1. The number of nitrogens with one attached hydrogen (secondary N) is 1. The second-order valence-electron chi connectivity index (χ2n) is 7.73. The lowest BCUT2D eigenvalue weighted by Crippen LogP contribution is -2.46. The third-order valence-electron chi connectivity index (χ3n) is 5.67. The number of carbonyl (C=O) groups is 1. The van der Waals surface area contributed by atoms with Gasteiger partial charge in [-0.05, 0) is 42.5 Å². The van der Waals surface area contributed by atoms with E-state index in [1.807, 2.05) is 18.2 Å². The number of fused-ring (bicyclic) bond motifs is 1. The van der Waals surface area contributed by atoms with E-state index in [-0.39, 0.29) is 18.3 Å². The minimum absolute atomic E-state index is 0. The molecule has 0 bridgehead atoms. The molecule has 1 aromatic heterocycles. The van der Waals surface area contributed by atoms with E-state index in [4.69, 9.17) is 4.74 Å². The van der Waals surface area contributed by atoms with Crippen LogP contribution in [0.2, 0.25) is 0 Å². The molecule has 3 aromatic rings. The van der Waals surface area contributed by atoms with E-state index in [0.717, 1.165) is 41.6 Å². The average molecular weight is 541 g/mol. The number of hydrogen-bond donors (Lipinski definition) is 1. The first kappa shape index (κ1) is 25.5. The molecule has 1 aliphatic heterocycles. The molecule has 0 aliphatic carbocycles. The van der Waals surface area contributed by atoms with E-state index in [1.165, 1.54) is 0 Å². The van der Waals surface area contributed by atoms with Crippen molar-refractivity contribution in [2.75, 3.05) is 39.8 Å². The van der Waals surface area contributed by atoms with E-state index in [2.05, 4.69) is 38.3 Å². The first-order valence-corrected chi connectivity index (χ1v) is 11.3. The van der Waals surface area contributed by atoms with Crippen molar-refractivity contribution in [3.63, 3.8) is 0 Å². The number of allylic oxidation sites excluding steroid dienone is 1. The van der Waals surface area contributed by atoms with E-state index in [1.54, 1.807) is 42.1 Å². The Morgan fingerprint density at radius 1 is 1.21 bits per heavy atom. The quantitative estimate of drug-likeness (QED) is 0.485. The Morgan fingerprint density at radius 3 is 2.65 bits per heavy atom. The molecule has 34 heavy (non-hydrogen) atoms. The number of halogens is 2. The summed E-state index contributed by atoms with van der Waals surface area (Å²) in [6, 6.07) is 15.1. The highest BCUT2D eigenvalue weighted by molar-refractivity contribution is 9.10. The fraction of sp³-hybridized carbons (Fsp3) is 0.240. The molecule has 7 nitrogen and oxygen atoms in total. The minimum atomic E-state index is -0.0446. The van der Waals surface area contributed by atoms with Gasteiger partial charge in [0.25, 0.3) is 0 Å². The number of nitriles is 2. The summed E-state index contributed by atoms with van der Waals surface area (Å²) in [5.41, 5.74) is 2.85. The summed E-state index contributed by atoms with van der Waals surface area (Å²) in [6.45, 7) is 3.68. The average Bonchev–Trinajstić information content (AvgIpc) is 3.21. The van der Waals surface area contributed by atoms with Gasteiger partial charge in [0.2, 0.25) is 5.91 Å². The normalized spacial score (nSPS) is 14.2. The first-order valence-electron chi connectivity index (χ1n) is 10.5. The van der Waals surface area contributed by atoms with Crippen LogP contribution in [0.3, 0.4) is 0 Å². The van der Waals surface area contributed by atoms with Crippen LogP contribution >= 0.6 is 28.3 Å². The molecular weight excluding hydrogens is 518 g/mol. The Hall–Kier alpha value is -3.14. The van der Waals surface area contributed by atoms with Crippen molar-refractivity contribution in [2.45, 2.75) is 0 Å². The molecule has 0 radical (unpaired) electrons. The van der Waals surface area contributed by atoms with Crippen LogP contribution in [0.1, 0.15) is 21.5 Å². The molecule has 0 amide bonds. The molecule has 0 unspecified atom stereocenters. The maximum absolute atomic E-state index is 13.2. The zero-order chi connectivity index (χ0) is 23.4. The zero-order valence-electron chi connectivity index (χ0n) is 18.5. The van der Waals surface area contributed by atoms with Gasteiger partial charge in [0.15, 0.2) is 0 Å². The molecular formula is C25H23BrClN5O2. The molecule has 2 aromatic carbocycles. The molecule has 1 aliphatic rings. The van der Waals surface area contributed by atoms with Gasteiger partial charge in [-0.1, -0.05) is 15.9 Å². The molecule has 9 heteroatoms. The van der Waals surface area contributed by atoms with E-state index in [0.29, 0.717) is 34.6 Å². The molecule has 174 valence electrons. The smallest absolute Gasteiger partial charge is 0.245 e. The van der Waals surface area contributed by atoms with Crippen molar-refractivity contribution >= 4 is 56.8 Å². The predicted octanol–water partition coefficient (Wildman–Crippen LogP) is 4.32. The van der Waals surface area contributed by atoms with Crippen molar-refractivity contribution in [2.24, 2.45) is 0 Å².